The summed E-state index contributed by atoms with van der Waals surface area (Å²) in [5, 5.41) is 6.42. The number of benzene rings is 1. The second-order valence-electron chi connectivity index (χ2n) is 6.91. The lowest BCUT2D eigenvalue weighted by Gasteiger charge is -2.25. The second-order valence-corrected chi connectivity index (χ2v) is 10.2. The molecule has 9 heteroatoms. The smallest absolute Gasteiger partial charge is 0.252 e. The van der Waals surface area contributed by atoms with Crippen LogP contribution in [0, 0.1) is 5.82 Å². The van der Waals surface area contributed by atoms with Gasteiger partial charge in [0.1, 0.15) is 10.0 Å². The number of hydrogen-bond acceptors (Lipinski definition) is 4. The summed E-state index contributed by atoms with van der Waals surface area (Å²) >= 11 is 1.30. The zero-order chi connectivity index (χ0) is 20.7. The highest BCUT2D eigenvalue weighted by Gasteiger charge is 2.27. The van der Waals surface area contributed by atoms with E-state index < -0.39 is 10.0 Å². The Bertz CT molecular complexity index is 920. The summed E-state index contributed by atoms with van der Waals surface area (Å²) in [6.45, 7) is 2.37. The summed E-state index contributed by atoms with van der Waals surface area (Å²) in [4.78, 5) is 5.12. The molecule has 0 spiro atoms. The number of guanidine groups is 1. The SMILES string of the molecule is CN=C(NCCc1ccc(F)cc1)NCc1ccc(S(=O)(=O)N2CCCCC2)s1. The van der Waals surface area contributed by atoms with E-state index in [0.29, 0.717) is 36.3 Å². The Morgan fingerprint density at radius 3 is 2.52 bits per heavy atom. The predicted octanol–water partition coefficient (Wildman–Crippen LogP) is 2.97. The van der Waals surface area contributed by atoms with Crippen molar-refractivity contribution in [3.8, 4) is 0 Å². The van der Waals surface area contributed by atoms with Gasteiger partial charge in [0.05, 0.1) is 6.54 Å². The summed E-state index contributed by atoms with van der Waals surface area (Å²) in [6, 6.07) is 9.98. The number of nitrogens with one attached hydrogen (secondary N) is 2. The molecule has 1 saturated heterocycles. The van der Waals surface area contributed by atoms with E-state index in [1.807, 2.05) is 6.07 Å². The lowest BCUT2D eigenvalue weighted by atomic mass is 10.1. The van der Waals surface area contributed by atoms with Gasteiger partial charge in [0, 0.05) is 31.6 Å². The third kappa shape index (κ3) is 6.01. The Hall–Kier alpha value is -1.97. The van der Waals surface area contributed by atoms with Crippen molar-refractivity contribution >= 4 is 27.3 Å². The van der Waals surface area contributed by atoms with Crippen LogP contribution in [0.1, 0.15) is 29.7 Å². The highest BCUT2D eigenvalue weighted by Crippen LogP contribution is 2.27. The number of piperidine rings is 1. The fourth-order valence-electron chi connectivity index (χ4n) is 3.19. The molecule has 3 rings (SSSR count). The predicted molar refractivity (Wildman–Crippen MR) is 115 cm³/mol. The standard InChI is InChI=1S/C20H27FN4O2S2/c1-22-20(23-12-11-16-5-7-17(21)8-6-16)24-15-18-9-10-19(28-18)29(26,27)25-13-3-2-4-14-25/h5-10H,2-4,11-15H2,1H3,(H2,22,23,24). The summed E-state index contributed by atoms with van der Waals surface area (Å²) < 4.78 is 40.4. The van der Waals surface area contributed by atoms with Gasteiger partial charge in [-0.25, -0.2) is 12.8 Å². The van der Waals surface area contributed by atoms with E-state index in [2.05, 4.69) is 15.6 Å². The van der Waals surface area contributed by atoms with Crippen LogP contribution < -0.4 is 10.6 Å². The molecule has 0 radical (unpaired) electrons. The first-order chi connectivity index (χ1) is 14.0. The maximum atomic E-state index is 13.0. The van der Waals surface area contributed by atoms with Crippen molar-refractivity contribution in [2.24, 2.45) is 4.99 Å². The lowest BCUT2D eigenvalue weighted by Crippen LogP contribution is -2.37. The quantitative estimate of drug-likeness (QED) is 0.515. The number of sulfonamides is 1. The number of halogens is 1. The monoisotopic (exact) mass is 438 g/mol. The molecule has 0 bridgehead atoms. The lowest BCUT2D eigenvalue weighted by molar-refractivity contribution is 0.347. The molecule has 0 unspecified atom stereocenters. The Labute approximate surface area is 175 Å². The first kappa shape index (κ1) is 21.7. The minimum Gasteiger partial charge on any atom is -0.356 e. The van der Waals surface area contributed by atoms with Gasteiger partial charge in [-0.3, -0.25) is 4.99 Å². The van der Waals surface area contributed by atoms with E-state index in [9.17, 15) is 12.8 Å². The highest BCUT2D eigenvalue weighted by molar-refractivity contribution is 7.91. The van der Waals surface area contributed by atoms with Crippen molar-refractivity contribution in [2.75, 3.05) is 26.7 Å². The first-order valence-corrected chi connectivity index (χ1v) is 12.0. The van der Waals surface area contributed by atoms with Gasteiger partial charge >= 0.3 is 0 Å². The number of rotatable bonds is 7. The third-order valence-electron chi connectivity index (χ3n) is 4.82. The Kier molecular flexibility index (Phi) is 7.63. The van der Waals surface area contributed by atoms with Gasteiger partial charge in [-0.1, -0.05) is 18.6 Å². The Morgan fingerprint density at radius 2 is 1.83 bits per heavy atom. The molecule has 0 aliphatic carbocycles. The fourth-order valence-corrected chi connectivity index (χ4v) is 6.16. The summed E-state index contributed by atoms with van der Waals surface area (Å²) in [5.41, 5.74) is 1.04. The molecule has 2 heterocycles. The molecule has 1 aliphatic rings. The van der Waals surface area contributed by atoms with Crippen LogP contribution in [0.2, 0.25) is 0 Å². The average Bonchev–Trinajstić information content (AvgIpc) is 3.22. The molecular weight excluding hydrogens is 411 g/mol. The summed E-state index contributed by atoms with van der Waals surface area (Å²) in [5.74, 6) is 0.401. The van der Waals surface area contributed by atoms with E-state index in [-0.39, 0.29) is 5.82 Å². The molecule has 0 saturated carbocycles. The zero-order valence-electron chi connectivity index (χ0n) is 16.5. The van der Waals surface area contributed by atoms with Gasteiger partial charge in [0.25, 0.3) is 10.0 Å². The van der Waals surface area contributed by atoms with Crippen molar-refractivity contribution < 1.29 is 12.8 Å². The van der Waals surface area contributed by atoms with Crippen LogP contribution in [0.5, 0.6) is 0 Å². The van der Waals surface area contributed by atoms with Gasteiger partial charge < -0.3 is 10.6 Å². The van der Waals surface area contributed by atoms with Crippen LogP contribution in [-0.4, -0.2) is 45.4 Å². The van der Waals surface area contributed by atoms with Gasteiger partial charge in [-0.15, -0.1) is 11.3 Å². The molecule has 2 aromatic rings. The fraction of sp³-hybridized carbons (Fsp3) is 0.450. The van der Waals surface area contributed by atoms with E-state index in [1.54, 1.807) is 29.6 Å². The normalized spacial score (nSPS) is 16.0. The molecule has 0 atom stereocenters. The largest absolute Gasteiger partial charge is 0.356 e. The van der Waals surface area contributed by atoms with E-state index >= 15 is 0 Å². The minimum absolute atomic E-state index is 0.239. The molecule has 1 aromatic carbocycles. The number of aliphatic imine (C=N–C) groups is 1. The van der Waals surface area contributed by atoms with Crippen molar-refractivity contribution in [3.63, 3.8) is 0 Å². The van der Waals surface area contributed by atoms with E-state index in [4.69, 9.17) is 0 Å². The van der Waals surface area contributed by atoms with Crippen LogP contribution in [0.4, 0.5) is 4.39 Å². The van der Waals surface area contributed by atoms with E-state index in [0.717, 1.165) is 36.1 Å². The first-order valence-electron chi connectivity index (χ1n) is 9.77. The Morgan fingerprint density at radius 1 is 1.10 bits per heavy atom. The molecule has 1 aromatic heterocycles. The Balaban J connectivity index is 1.49. The topological polar surface area (TPSA) is 73.8 Å². The molecule has 0 amide bonds. The van der Waals surface area contributed by atoms with Crippen LogP contribution in [0.15, 0.2) is 45.6 Å². The second kappa shape index (κ2) is 10.2. The maximum absolute atomic E-state index is 13.0. The summed E-state index contributed by atoms with van der Waals surface area (Å²) in [7, 11) is -1.69. The van der Waals surface area contributed by atoms with E-state index in [1.165, 1.54) is 23.5 Å². The third-order valence-corrected chi connectivity index (χ3v) is 8.27. The molecule has 6 nitrogen and oxygen atoms in total. The molecular formula is C20H27FN4O2S2. The number of nitrogens with zero attached hydrogens (tertiary/aromatic N) is 2. The molecule has 158 valence electrons. The molecule has 1 aliphatic heterocycles. The molecule has 2 N–H and O–H groups in total. The van der Waals surface area contributed by atoms with Crippen LogP contribution in [0.3, 0.4) is 0 Å². The minimum atomic E-state index is -3.38. The zero-order valence-corrected chi connectivity index (χ0v) is 18.2. The van der Waals surface area contributed by atoms with Crippen LogP contribution >= 0.6 is 11.3 Å². The van der Waals surface area contributed by atoms with Gasteiger partial charge in [0.2, 0.25) is 0 Å². The van der Waals surface area contributed by atoms with Crippen molar-refractivity contribution in [1.29, 1.82) is 0 Å². The van der Waals surface area contributed by atoms with Crippen molar-refractivity contribution in [1.82, 2.24) is 14.9 Å². The molecule has 1 fully saturated rings. The van der Waals surface area contributed by atoms with Crippen LogP contribution in [-0.2, 0) is 23.0 Å². The number of thiophene rings is 1. The van der Waals surface area contributed by atoms with Crippen molar-refractivity contribution in [2.45, 2.75) is 36.4 Å². The maximum Gasteiger partial charge on any atom is 0.252 e. The average molecular weight is 439 g/mol. The molecule has 29 heavy (non-hydrogen) atoms. The van der Waals surface area contributed by atoms with Crippen molar-refractivity contribution in [3.05, 3.63) is 52.7 Å². The van der Waals surface area contributed by atoms with Crippen LogP contribution in [0.25, 0.3) is 0 Å². The number of hydrogen-bond donors (Lipinski definition) is 2. The van der Waals surface area contributed by atoms with Gasteiger partial charge in [-0.05, 0) is 49.1 Å². The van der Waals surface area contributed by atoms with Gasteiger partial charge in [0.15, 0.2) is 5.96 Å². The summed E-state index contributed by atoms with van der Waals surface area (Å²) in [6.07, 6.45) is 3.70. The highest BCUT2D eigenvalue weighted by atomic mass is 32.2. The van der Waals surface area contributed by atoms with Gasteiger partial charge in [-0.2, -0.15) is 4.31 Å².